The van der Waals surface area contributed by atoms with Crippen molar-refractivity contribution in [1.29, 1.82) is 0 Å². The SMILES string of the molecule is CN1C(=O)c2cc(NC(=O)Nc3ccccc3)ccc2OC[C@H]2O[C@@H](CC(=O)NC3Cc4ccccc4C3)CC[C@@H]21. The number of anilines is 2. The van der Waals surface area contributed by atoms with Gasteiger partial charge in [0, 0.05) is 24.5 Å². The number of urea groups is 1. The molecule has 1 fully saturated rings. The summed E-state index contributed by atoms with van der Waals surface area (Å²) in [7, 11) is 1.77. The first kappa shape index (κ1) is 26.8. The zero-order valence-corrected chi connectivity index (χ0v) is 23.0. The summed E-state index contributed by atoms with van der Waals surface area (Å²) in [5, 5.41) is 8.73. The van der Waals surface area contributed by atoms with Crippen molar-refractivity contribution in [2.24, 2.45) is 0 Å². The van der Waals surface area contributed by atoms with Crippen molar-refractivity contribution >= 4 is 29.2 Å². The Balaban J connectivity index is 1.06. The predicted octanol–water partition coefficient (Wildman–Crippen LogP) is 4.38. The second-order valence-electron chi connectivity index (χ2n) is 11.0. The third-order valence-corrected chi connectivity index (χ3v) is 8.13. The molecule has 6 rings (SSSR count). The van der Waals surface area contributed by atoms with E-state index in [4.69, 9.17) is 9.47 Å². The molecule has 212 valence electrons. The third kappa shape index (κ3) is 6.05. The molecule has 0 aromatic heterocycles. The summed E-state index contributed by atoms with van der Waals surface area (Å²) in [5.41, 5.74) is 4.12. The lowest BCUT2D eigenvalue weighted by atomic mass is 9.94. The number of hydrogen-bond acceptors (Lipinski definition) is 5. The van der Waals surface area contributed by atoms with Crippen LogP contribution < -0.4 is 20.7 Å². The second-order valence-corrected chi connectivity index (χ2v) is 11.0. The molecular formula is C32H34N4O5. The summed E-state index contributed by atoms with van der Waals surface area (Å²) >= 11 is 0. The Labute approximate surface area is 239 Å². The van der Waals surface area contributed by atoms with Gasteiger partial charge in [-0.1, -0.05) is 42.5 Å². The monoisotopic (exact) mass is 554 g/mol. The number of ether oxygens (including phenoxy) is 2. The average molecular weight is 555 g/mol. The van der Waals surface area contributed by atoms with Crippen molar-refractivity contribution in [1.82, 2.24) is 10.2 Å². The summed E-state index contributed by atoms with van der Waals surface area (Å²) < 4.78 is 12.4. The Hall–Kier alpha value is -4.37. The highest BCUT2D eigenvalue weighted by molar-refractivity contribution is 6.02. The van der Waals surface area contributed by atoms with E-state index in [0.29, 0.717) is 35.5 Å². The Morgan fingerprint density at radius 1 is 0.902 bits per heavy atom. The van der Waals surface area contributed by atoms with Gasteiger partial charge in [0.15, 0.2) is 0 Å². The lowest BCUT2D eigenvalue weighted by Gasteiger charge is -2.42. The molecule has 41 heavy (non-hydrogen) atoms. The van der Waals surface area contributed by atoms with Crippen LogP contribution in [0.1, 0.15) is 40.7 Å². The molecule has 2 heterocycles. The van der Waals surface area contributed by atoms with Crippen molar-refractivity contribution in [3.8, 4) is 5.75 Å². The van der Waals surface area contributed by atoms with Gasteiger partial charge in [0.2, 0.25) is 5.91 Å². The Kier molecular flexibility index (Phi) is 7.61. The summed E-state index contributed by atoms with van der Waals surface area (Å²) in [6.45, 7) is 0.257. The van der Waals surface area contributed by atoms with Crippen molar-refractivity contribution < 1.29 is 23.9 Å². The molecule has 3 N–H and O–H groups in total. The van der Waals surface area contributed by atoms with Gasteiger partial charge in [-0.2, -0.15) is 0 Å². The molecule has 1 aliphatic carbocycles. The summed E-state index contributed by atoms with van der Waals surface area (Å²) in [6, 6.07) is 22.0. The van der Waals surface area contributed by atoms with E-state index >= 15 is 0 Å². The van der Waals surface area contributed by atoms with Gasteiger partial charge in [-0.25, -0.2) is 4.79 Å². The van der Waals surface area contributed by atoms with Crippen LogP contribution in [0, 0.1) is 0 Å². The first-order chi connectivity index (χ1) is 19.9. The topological polar surface area (TPSA) is 109 Å². The minimum atomic E-state index is -0.406. The minimum absolute atomic E-state index is 0.0101. The number of carbonyl (C=O) groups excluding carboxylic acids is 3. The lowest BCUT2D eigenvalue weighted by Crippen LogP contribution is -2.54. The van der Waals surface area contributed by atoms with Gasteiger partial charge in [-0.05, 0) is 67.1 Å². The number of likely N-dealkylation sites (N-methyl/N-ethyl adjacent to an activating group) is 1. The van der Waals surface area contributed by atoms with Crippen LogP contribution in [0.2, 0.25) is 0 Å². The molecule has 3 aliphatic rings. The lowest BCUT2D eigenvalue weighted by molar-refractivity contribution is -0.134. The first-order valence-corrected chi connectivity index (χ1v) is 14.1. The average Bonchev–Trinajstić information content (AvgIpc) is 3.38. The van der Waals surface area contributed by atoms with E-state index in [1.807, 2.05) is 30.3 Å². The molecule has 3 atom stereocenters. The van der Waals surface area contributed by atoms with E-state index in [1.54, 1.807) is 42.3 Å². The maximum atomic E-state index is 13.5. The van der Waals surface area contributed by atoms with E-state index < -0.39 is 6.03 Å². The van der Waals surface area contributed by atoms with Crippen LogP contribution >= 0.6 is 0 Å². The maximum absolute atomic E-state index is 13.5. The number of nitrogens with one attached hydrogen (secondary N) is 3. The zero-order valence-electron chi connectivity index (χ0n) is 23.0. The molecule has 0 radical (unpaired) electrons. The van der Waals surface area contributed by atoms with Crippen molar-refractivity contribution in [2.45, 2.75) is 56.4 Å². The van der Waals surface area contributed by atoms with Crippen LogP contribution in [0.4, 0.5) is 16.2 Å². The molecular weight excluding hydrogens is 520 g/mol. The van der Waals surface area contributed by atoms with Crippen molar-refractivity contribution in [3.63, 3.8) is 0 Å². The van der Waals surface area contributed by atoms with E-state index in [0.717, 1.165) is 12.8 Å². The summed E-state index contributed by atoms with van der Waals surface area (Å²) in [6.07, 6.45) is 2.78. The quantitative estimate of drug-likeness (QED) is 0.434. The number of rotatable bonds is 5. The van der Waals surface area contributed by atoms with E-state index in [9.17, 15) is 14.4 Å². The standard InChI is InChI=1S/C32H34N4O5/c1-36-27-13-12-25(18-30(37)33-24-15-20-7-5-6-8-21(20)16-24)41-29(27)19-40-28-14-11-23(17-26(28)31(36)38)35-32(39)34-22-9-3-2-4-10-22/h2-11,14,17,24-25,27,29H,12-13,15-16,18-19H2,1H3,(H,33,37)(H2,34,35,39)/t25-,27+,29-/m1/s1. The largest absolute Gasteiger partial charge is 0.490 e. The highest BCUT2D eigenvalue weighted by Gasteiger charge is 2.39. The van der Waals surface area contributed by atoms with Crippen molar-refractivity contribution in [3.05, 3.63) is 89.5 Å². The minimum Gasteiger partial charge on any atom is -0.490 e. The molecule has 2 aliphatic heterocycles. The van der Waals surface area contributed by atoms with Crippen LogP contribution in [0.5, 0.6) is 5.75 Å². The number of carbonyl (C=O) groups is 3. The van der Waals surface area contributed by atoms with Crippen molar-refractivity contribution in [2.75, 3.05) is 24.3 Å². The van der Waals surface area contributed by atoms with Crippen LogP contribution in [-0.2, 0) is 22.4 Å². The molecule has 1 saturated heterocycles. The van der Waals surface area contributed by atoms with Gasteiger partial charge < -0.3 is 30.3 Å². The Morgan fingerprint density at radius 3 is 2.37 bits per heavy atom. The zero-order chi connectivity index (χ0) is 28.3. The van der Waals surface area contributed by atoms with E-state index in [-0.39, 0.29) is 49.1 Å². The molecule has 0 bridgehead atoms. The Bertz CT molecular complexity index is 1420. The highest BCUT2D eigenvalue weighted by atomic mass is 16.5. The maximum Gasteiger partial charge on any atom is 0.323 e. The second kappa shape index (κ2) is 11.6. The fourth-order valence-corrected chi connectivity index (χ4v) is 6.07. The highest BCUT2D eigenvalue weighted by Crippen LogP contribution is 2.33. The normalized spacial score (nSPS) is 21.8. The Morgan fingerprint density at radius 2 is 1.61 bits per heavy atom. The number of para-hydroxylation sites is 1. The van der Waals surface area contributed by atoms with E-state index in [1.165, 1.54) is 11.1 Å². The van der Waals surface area contributed by atoms with Crippen LogP contribution in [0.15, 0.2) is 72.8 Å². The number of amides is 4. The smallest absolute Gasteiger partial charge is 0.323 e. The van der Waals surface area contributed by atoms with Gasteiger partial charge in [-0.3, -0.25) is 9.59 Å². The molecule has 0 saturated carbocycles. The fourth-order valence-electron chi connectivity index (χ4n) is 6.07. The van der Waals surface area contributed by atoms with E-state index in [2.05, 4.69) is 28.1 Å². The van der Waals surface area contributed by atoms with Gasteiger partial charge in [-0.15, -0.1) is 0 Å². The molecule has 3 aromatic rings. The predicted molar refractivity (Wildman–Crippen MR) is 155 cm³/mol. The number of hydrogen-bond donors (Lipinski definition) is 3. The van der Waals surface area contributed by atoms with Gasteiger partial charge in [0.05, 0.1) is 24.1 Å². The summed E-state index contributed by atoms with van der Waals surface area (Å²) in [5.74, 6) is 0.213. The summed E-state index contributed by atoms with van der Waals surface area (Å²) in [4.78, 5) is 40.6. The van der Waals surface area contributed by atoms with Crippen LogP contribution in [-0.4, -0.2) is 60.7 Å². The number of fused-ring (bicyclic) bond motifs is 3. The number of benzene rings is 3. The van der Waals surface area contributed by atoms with Gasteiger partial charge >= 0.3 is 6.03 Å². The fraction of sp³-hybridized carbons (Fsp3) is 0.344. The molecule has 3 aromatic carbocycles. The first-order valence-electron chi connectivity index (χ1n) is 14.1. The molecule has 9 heteroatoms. The molecule has 4 amide bonds. The third-order valence-electron chi connectivity index (χ3n) is 8.13. The van der Waals surface area contributed by atoms with Gasteiger partial charge in [0.1, 0.15) is 18.5 Å². The molecule has 9 nitrogen and oxygen atoms in total. The van der Waals surface area contributed by atoms with Crippen LogP contribution in [0.25, 0.3) is 0 Å². The van der Waals surface area contributed by atoms with Crippen LogP contribution in [0.3, 0.4) is 0 Å². The van der Waals surface area contributed by atoms with Gasteiger partial charge in [0.25, 0.3) is 5.91 Å². The number of nitrogens with zero attached hydrogens (tertiary/aromatic N) is 1. The molecule has 0 unspecified atom stereocenters. The molecule has 0 spiro atoms.